The molecule has 1 aromatic carbocycles. The SMILES string of the molecule is CCOc1ccc2nc(NC(=O)CCCc3ccccn3)sc2c1. The molecular weight excluding hydrogens is 322 g/mol. The zero-order valence-corrected chi connectivity index (χ0v) is 14.3. The van der Waals surface area contributed by atoms with Crippen molar-refractivity contribution in [1.29, 1.82) is 0 Å². The highest BCUT2D eigenvalue weighted by molar-refractivity contribution is 7.22. The highest BCUT2D eigenvalue weighted by Gasteiger charge is 2.09. The molecule has 0 atom stereocenters. The molecule has 6 heteroatoms. The van der Waals surface area contributed by atoms with Crippen LogP contribution in [0.3, 0.4) is 0 Å². The number of fused-ring (bicyclic) bond motifs is 1. The average Bonchev–Trinajstić information content (AvgIpc) is 2.97. The first-order chi connectivity index (χ1) is 11.7. The molecule has 5 nitrogen and oxygen atoms in total. The third-order valence-corrected chi connectivity index (χ3v) is 4.41. The molecule has 1 N–H and O–H groups in total. The summed E-state index contributed by atoms with van der Waals surface area (Å²) < 4.78 is 6.49. The number of thiazole rings is 1. The molecule has 0 saturated heterocycles. The molecule has 2 aromatic heterocycles. The second-order valence-electron chi connectivity index (χ2n) is 5.30. The van der Waals surface area contributed by atoms with Crippen LogP contribution in [0.2, 0.25) is 0 Å². The maximum Gasteiger partial charge on any atom is 0.226 e. The number of hydrogen-bond donors (Lipinski definition) is 1. The van der Waals surface area contributed by atoms with Crippen LogP contribution in [0.5, 0.6) is 5.75 Å². The van der Waals surface area contributed by atoms with E-state index in [-0.39, 0.29) is 5.91 Å². The van der Waals surface area contributed by atoms with E-state index in [1.165, 1.54) is 11.3 Å². The van der Waals surface area contributed by atoms with Crippen LogP contribution in [-0.4, -0.2) is 22.5 Å². The summed E-state index contributed by atoms with van der Waals surface area (Å²) in [5.74, 6) is 0.803. The lowest BCUT2D eigenvalue weighted by Gasteiger charge is -2.01. The number of benzene rings is 1. The van der Waals surface area contributed by atoms with Gasteiger partial charge in [-0.1, -0.05) is 17.4 Å². The molecule has 0 fully saturated rings. The van der Waals surface area contributed by atoms with E-state index in [1.54, 1.807) is 6.20 Å². The standard InChI is InChI=1S/C18H19N3O2S/c1-2-23-14-9-10-15-16(12-14)24-18(20-15)21-17(22)8-5-7-13-6-3-4-11-19-13/h3-4,6,9-12H,2,5,7-8H2,1H3,(H,20,21,22). The van der Waals surface area contributed by atoms with Gasteiger partial charge in [0.2, 0.25) is 5.91 Å². The molecule has 3 aromatic rings. The summed E-state index contributed by atoms with van der Waals surface area (Å²) in [5.41, 5.74) is 1.88. The van der Waals surface area contributed by atoms with E-state index in [2.05, 4.69) is 15.3 Å². The summed E-state index contributed by atoms with van der Waals surface area (Å²) >= 11 is 1.46. The molecule has 124 valence electrons. The van der Waals surface area contributed by atoms with Crippen LogP contribution in [0.4, 0.5) is 5.13 Å². The van der Waals surface area contributed by atoms with Crippen molar-refractivity contribution in [3.8, 4) is 5.75 Å². The molecule has 0 bridgehead atoms. The average molecular weight is 341 g/mol. The van der Waals surface area contributed by atoms with Crippen molar-refractivity contribution in [3.05, 3.63) is 48.3 Å². The van der Waals surface area contributed by atoms with E-state index in [0.29, 0.717) is 18.2 Å². The Hall–Kier alpha value is -2.47. The summed E-state index contributed by atoms with van der Waals surface area (Å²) in [7, 11) is 0. The van der Waals surface area contributed by atoms with Gasteiger partial charge < -0.3 is 10.1 Å². The van der Waals surface area contributed by atoms with Crippen LogP contribution in [0.1, 0.15) is 25.5 Å². The van der Waals surface area contributed by atoms with Crippen molar-refractivity contribution >= 4 is 32.6 Å². The summed E-state index contributed by atoms with van der Waals surface area (Å²) in [6, 6.07) is 11.6. The van der Waals surface area contributed by atoms with Gasteiger partial charge >= 0.3 is 0 Å². The highest BCUT2D eigenvalue weighted by atomic mass is 32.1. The number of carbonyl (C=O) groups is 1. The van der Waals surface area contributed by atoms with Gasteiger partial charge in [0.05, 0.1) is 16.8 Å². The van der Waals surface area contributed by atoms with Gasteiger partial charge in [0, 0.05) is 18.3 Å². The largest absolute Gasteiger partial charge is 0.494 e. The number of amides is 1. The Morgan fingerprint density at radius 3 is 3.00 bits per heavy atom. The molecule has 1 amide bonds. The zero-order valence-electron chi connectivity index (χ0n) is 13.5. The lowest BCUT2D eigenvalue weighted by atomic mass is 10.2. The zero-order chi connectivity index (χ0) is 16.8. The number of carbonyl (C=O) groups excluding carboxylic acids is 1. The van der Waals surface area contributed by atoms with Crippen molar-refractivity contribution in [1.82, 2.24) is 9.97 Å². The first-order valence-electron chi connectivity index (χ1n) is 7.98. The topological polar surface area (TPSA) is 64.1 Å². The molecule has 0 aliphatic carbocycles. The van der Waals surface area contributed by atoms with E-state index in [0.717, 1.165) is 34.5 Å². The molecule has 0 unspecified atom stereocenters. The number of hydrogen-bond acceptors (Lipinski definition) is 5. The van der Waals surface area contributed by atoms with Gasteiger partial charge in [0.25, 0.3) is 0 Å². The van der Waals surface area contributed by atoms with E-state index in [4.69, 9.17) is 4.74 Å². The van der Waals surface area contributed by atoms with E-state index in [9.17, 15) is 4.79 Å². The van der Waals surface area contributed by atoms with E-state index >= 15 is 0 Å². The predicted octanol–water partition coefficient (Wildman–Crippen LogP) is 4.05. The lowest BCUT2D eigenvalue weighted by Crippen LogP contribution is -2.11. The Morgan fingerprint density at radius 1 is 1.29 bits per heavy atom. The van der Waals surface area contributed by atoms with E-state index < -0.39 is 0 Å². The fourth-order valence-electron chi connectivity index (χ4n) is 2.37. The van der Waals surface area contributed by atoms with Crippen LogP contribution in [0, 0.1) is 0 Å². The molecule has 3 rings (SSSR count). The molecule has 24 heavy (non-hydrogen) atoms. The number of pyridine rings is 1. The molecule has 0 saturated carbocycles. The number of nitrogens with zero attached hydrogens (tertiary/aromatic N) is 2. The van der Waals surface area contributed by atoms with Crippen LogP contribution in [0.25, 0.3) is 10.2 Å². The maximum absolute atomic E-state index is 12.1. The molecule has 0 radical (unpaired) electrons. The van der Waals surface area contributed by atoms with Crippen molar-refractivity contribution in [2.75, 3.05) is 11.9 Å². The fourth-order valence-corrected chi connectivity index (χ4v) is 3.28. The summed E-state index contributed by atoms with van der Waals surface area (Å²) in [6.07, 6.45) is 3.79. The Morgan fingerprint density at radius 2 is 2.21 bits per heavy atom. The van der Waals surface area contributed by atoms with Gasteiger partial charge in [0.15, 0.2) is 5.13 Å². The van der Waals surface area contributed by atoms with Gasteiger partial charge in [-0.2, -0.15) is 0 Å². The van der Waals surface area contributed by atoms with Crippen molar-refractivity contribution in [3.63, 3.8) is 0 Å². The lowest BCUT2D eigenvalue weighted by molar-refractivity contribution is -0.116. The second kappa shape index (κ2) is 7.88. The minimum absolute atomic E-state index is 0.0185. The number of aromatic nitrogens is 2. The summed E-state index contributed by atoms with van der Waals surface area (Å²) in [4.78, 5) is 20.8. The van der Waals surface area contributed by atoms with E-state index in [1.807, 2.05) is 43.3 Å². The Balaban J connectivity index is 1.55. The third kappa shape index (κ3) is 4.29. The van der Waals surface area contributed by atoms with Gasteiger partial charge in [0.1, 0.15) is 5.75 Å². The van der Waals surface area contributed by atoms with Crippen molar-refractivity contribution in [2.24, 2.45) is 0 Å². The molecule has 0 aliphatic rings. The fraction of sp³-hybridized carbons (Fsp3) is 0.278. The second-order valence-corrected chi connectivity index (χ2v) is 6.34. The minimum atomic E-state index is -0.0185. The van der Waals surface area contributed by atoms with Crippen LogP contribution in [-0.2, 0) is 11.2 Å². The molecule has 2 heterocycles. The molecular formula is C18H19N3O2S. The first kappa shape index (κ1) is 16.4. The van der Waals surface area contributed by atoms with Crippen molar-refractivity contribution < 1.29 is 9.53 Å². The van der Waals surface area contributed by atoms with Gasteiger partial charge in [-0.25, -0.2) is 4.98 Å². The molecule has 0 aliphatic heterocycles. The first-order valence-corrected chi connectivity index (χ1v) is 8.79. The number of anilines is 1. The van der Waals surface area contributed by atoms with Crippen molar-refractivity contribution in [2.45, 2.75) is 26.2 Å². The Kier molecular flexibility index (Phi) is 5.38. The highest BCUT2D eigenvalue weighted by Crippen LogP contribution is 2.29. The van der Waals surface area contributed by atoms with Crippen LogP contribution >= 0.6 is 11.3 Å². The van der Waals surface area contributed by atoms with Gasteiger partial charge in [-0.15, -0.1) is 0 Å². The molecule has 0 spiro atoms. The predicted molar refractivity (Wildman–Crippen MR) is 96.6 cm³/mol. The Labute approximate surface area is 144 Å². The normalized spacial score (nSPS) is 10.7. The Bertz CT molecular complexity index is 818. The number of ether oxygens (including phenoxy) is 1. The minimum Gasteiger partial charge on any atom is -0.494 e. The van der Waals surface area contributed by atoms with Crippen LogP contribution < -0.4 is 10.1 Å². The van der Waals surface area contributed by atoms with Gasteiger partial charge in [-0.3, -0.25) is 9.78 Å². The number of rotatable bonds is 7. The number of nitrogens with one attached hydrogen (secondary N) is 1. The smallest absolute Gasteiger partial charge is 0.226 e. The maximum atomic E-state index is 12.1. The third-order valence-electron chi connectivity index (χ3n) is 3.48. The summed E-state index contributed by atoms with van der Waals surface area (Å²) in [6.45, 7) is 2.58. The monoisotopic (exact) mass is 341 g/mol. The quantitative estimate of drug-likeness (QED) is 0.704. The number of aryl methyl sites for hydroxylation is 1. The summed E-state index contributed by atoms with van der Waals surface area (Å²) in [5, 5.41) is 3.50. The van der Waals surface area contributed by atoms with Gasteiger partial charge in [-0.05, 0) is 50.1 Å². The van der Waals surface area contributed by atoms with Crippen LogP contribution in [0.15, 0.2) is 42.6 Å².